The van der Waals surface area contributed by atoms with E-state index in [4.69, 9.17) is 0 Å². The van der Waals surface area contributed by atoms with Crippen molar-refractivity contribution in [2.45, 2.75) is 25.3 Å². The van der Waals surface area contributed by atoms with Gasteiger partial charge in [-0.15, -0.1) is 0 Å². The van der Waals surface area contributed by atoms with Crippen molar-refractivity contribution in [1.29, 1.82) is 0 Å². The second kappa shape index (κ2) is 6.75. The molecular formula is C19H24F2N4. The zero-order valence-corrected chi connectivity index (χ0v) is 14.5. The van der Waals surface area contributed by atoms with Crippen LogP contribution in [-0.4, -0.2) is 29.2 Å². The fourth-order valence-electron chi connectivity index (χ4n) is 3.78. The van der Waals surface area contributed by atoms with Crippen molar-refractivity contribution in [3.63, 3.8) is 0 Å². The highest BCUT2D eigenvalue weighted by Gasteiger charge is 2.35. The molecule has 2 fully saturated rings. The molecule has 0 bridgehead atoms. The van der Waals surface area contributed by atoms with Crippen LogP contribution in [0.4, 0.5) is 14.5 Å². The molecule has 1 aromatic carbocycles. The van der Waals surface area contributed by atoms with E-state index in [0.29, 0.717) is 17.9 Å². The summed E-state index contributed by atoms with van der Waals surface area (Å²) < 4.78 is 28.7. The summed E-state index contributed by atoms with van der Waals surface area (Å²) in [4.78, 5) is 6.66. The van der Waals surface area contributed by atoms with Gasteiger partial charge in [0, 0.05) is 50.8 Å². The Morgan fingerprint density at radius 1 is 1.24 bits per heavy atom. The molecule has 0 radical (unpaired) electrons. The van der Waals surface area contributed by atoms with Gasteiger partial charge in [-0.25, -0.2) is 13.8 Å². The highest BCUT2D eigenvalue weighted by atomic mass is 19.2. The summed E-state index contributed by atoms with van der Waals surface area (Å²) >= 11 is 0. The minimum absolute atomic E-state index is 0.317. The fraction of sp³-hybridized carbons (Fsp3) is 0.526. The van der Waals surface area contributed by atoms with Gasteiger partial charge in [-0.2, -0.15) is 0 Å². The molecule has 25 heavy (non-hydrogen) atoms. The summed E-state index contributed by atoms with van der Waals surface area (Å²) in [6.07, 6.45) is 7.43. The van der Waals surface area contributed by atoms with Crippen LogP contribution in [-0.2, 0) is 7.05 Å². The van der Waals surface area contributed by atoms with Gasteiger partial charge in [0.1, 0.15) is 5.82 Å². The number of halogens is 2. The molecule has 6 heteroatoms. The van der Waals surface area contributed by atoms with E-state index in [9.17, 15) is 8.78 Å². The number of nitrogens with zero attached hydrogens (tertiary/aromatic N) is 3. The van der Waals surface area contributed by atoms with E-state index in [2.05, 4.69) is 19.8 Å². The van der Waals surface area contributed by atoms with Gasteiger partial charge in [0.15, 0.2) is 11.6 Å². The SMILES string of the molecule is Cn1ccnc1[C@@H](NC[C@H]1CCN(c2ccc(F)c(F)c2)C1)C1CC1. The Kier molecular flexibility index (Phi) is 4.46. The van der Waals surface area contributed by atoms with Gasteiger partial charge in [-0.1, -0.05) is 0 Å². The van der Waals surface area contributed by atoms with E-state index in [1.54, 1.807) is 6.07 Å². The van der Waals surface area contributed by atoms with Crippen LogP contribution >= 0.6 is 0 Å². The maximum atomic E-state index is 13.5. The molecule has 0 spiro atoms. The van der Waals surface area contributed by atoms with E-state index in [-0.39, 0.29) is 0 Å². The summed E-state index contributed by atoms with van der Waals surface area (Å²) in [6, 6.07) is 4.49. The highest BCUT2D eigenvalue weighted by molar-refractivity contribution is 5.47. The predicted molar refractivity (Wildman–Crippen MR) is 93.4 cm³/mol. The topological polar surface area (TPSA) is 33.1 Å². The first-order valence-electron chi connectivity index (χ1n) is 9.02. The molecule has 4 rings (SSSR count). The van der Waals surface area contributed by atoms with Gasteiger partial charge in [0.2, 0.25) is 0 Å². The number of aromatic nitrogens is 2. The van der Waals surface area contributed by atoms with Crippen LogP contribution in [0.15, 0.2) is 30.6 Å². The number of anilines is 1. The van der Waals surface area contributed by atoms with Crippen LogP contribution in [0.3, 0.4) is 0 Å². The monoisotopic (exact) mass is 346 g/mol. The molecule has 1 saturated carbocycles. The van der Waals surface area contributed by atoms with Crippen molar-refractivity contribution < 1.29 is 8.78 Å². The Labute approximate surface area is 146 Å². The molecule has 2 heterocycles. The first kappa shape index (κ1) is 16.5. The van der Waals surface area contributed by atoms with Gasteiger partial charge in [0.25, 0.3) is 0 Å². The second-order valence-corrected chi connectivity index (χ2v) is 7.32. The molecule has 1 saturated heterocycles. The molecular weight excluding hydrogens is 322 g/mol. The smallest absolute Gasteiger partial charge is 0.160 e. The van der Waals surface area contributed by atoms with E-state index in [1.807, 2.05) is 19.4 Å². The van der Waals surface area contributed by atoms with Crippen LogP contribution in [0.1, 0.15) is 31.1 Å². The zero-order chi connectivity index (χ0) is 17.4. The molecule has 1 aromatic heterocycles. The number of nitrogens with one attached hydrogen (secondary N) is 1. The fourth-order valence-corrected chi connectivity index (χ4v) is 3.78. The number of hydrogen-bond donors (Lipinski definition) is 1. The Balaban J connectivity index is 1.36. The van der Waals surface area contributed by atoms with Crippen molar-refractivity contribution in [1.82, 2.24) is 14.9 Å². The summed E-state index contributed by atoms with van der Waals surface area (Å²) in [5.74, 6) is 0.739. The van der Waals surface area contributed by atoms with Gasteiger partial charge < -0.3 is 14.8 Å². The quantitative estimate of drug-likeness (QED) is 0.871. The minimum Gasteiger partial charge on any atom is -0.371 e. The first-order valence-corrected chi connectivity index (χ1v) is 9.02. The van der Waals surface area contributed by atoms with E-state index >= 15 is 0 Å². The molecule has 1 N–H and O–H groups in total. The average Bonchev–Trinajstić information content (AvgIpc) is 3.17. The molecule has 1 aliphatic carbocycles. The number of hydrogen-bond acceptors (Lipinski definition) is 3. The van der Waals surface area contributed by atoms with Gasteiger partial charge in [-0.05, 0) is 43.2 Å². The molecule has 2 aromatic rings. The van der Waals surface area contributed by atoms with Gasteiger partial charge in [0.05, 0.1) is 6.04 Å². The number of rotatable bonds is 6. The normalized spacial score (nSPS) is 21.7. The number of imidazole rings is 1. The lowest BCUT2D eigenvalue weighted by Crippen LogP contribution is -2.32. The molecule has 4 nitrogen and oxygen atoms in total. The molecule has 0 unspecified atom stereocenters. The lowest BCUT2D eigenvalue weighted by Gasteiger charge is -2.22. The molecule has 134 valence electrons. The van der Waals surface area contributed by atoms with Crippen molar-refractivity contribution in [3.05, 3.63) is 48.1 Å². The molecule has 0 amide bonds. The summed E-state index contributed by atoms with van der Waals surface area (Å²) in [7, 11) is 2.04. The molecule has 2 atom stereocenters. The summed E-state index contributed by atoms with van der Waals surface area (Å²) in [5, 5.41) is 3.72. The van der Waals surface area contributed by atoms with Crippen LogP contribution < -0.4 is 10.2 Å². The Morgan fingerprint density at radius 2 is 2.08 bits per heavy atom. The van der Waals surface area contributed by atoms with Crippen LogP contribution in [0, 0.1) is 23.5 Å². The Bertz CT molecular complexity index is 741. The van der Waals surface area contributed by atoms with E-state index in [1.165, 1.54) is 25.0 Å². The van der Waals surface area contributed by atoms with Crippen molar-refractivity contribution in [2.24, 2.45) is 18.9 Å². The summed E-state index contributed by atoms with van der Waals surface area (Å²) in [5.41, 5.74) is 0.768. The van der Waals surface area contributed by atoms with E-state index in [0.717, 1.165) is 37.6 Å². The van der Waals surface area contributed by atoms with Crippen LogP contribution in [0.5, 0.6) is 0 Å². The third-order valence-corrected chi connectivity index (χ3v) is 5.41. The van der Waals surface area contributed by atoms with Crippen molar-refractivity contribution in [3.8, 4) is 0 Å². The Morgan fingerprint density at radius 3 is 2.76 bits per heavy atom. The average molecular weight is 346 g/mol. The number of aryl methyl sites for hydroxylation is 1. The molecule has 1 aliphatic heterocycles. The Hall–Kier alpha value is -1.95. The third-order valence-electron chi connectivity index (χ3n) is 5.41. The lowest BCUT2D eigenvalue weighted by molar-refractivity contribution is 0.404. The first-order chi connectivity index (χ1) is 12.1. The maximum absolute atomic E-state index is 13.5. The summed E-state index contributed by atoms with van der Waals surface area (Å²) in [6.45, 7) is 2.68. The van der Waals surface area contributed by atoms with Gasteiger partial charge in [-0.3, -0.25) is 0 Å². The van der Waals surface area contributed by atoms with Crippen LogP contribution in [0.25, 0.3) is 0 Å². The van der Waals surface area contributed by atoms with Crippen molar-refractivity contribution in [2.75, 3.05) is 24.5 Å². The second-order valence-electron chi connectivity index (χ2n) is 7.32. The maximum Gasteiger partial charge on any atom is 0.160 e. The standard InChI is InChI=1S/C19H24F2N4/c1-24-9-7-22-19(24)18(14-2-3-14)23-11-13-6-8-25(12-13)15-4-5-16(20)17(21)10-15/h4-5,7,9-10,13-14,18,23H,2-3,6,8,11-12H2,1H3/t13-,18+/m1/s1. The van der Waals surface area contributed by atoms with Gasteiger partial charge >= 0.3 is 0 Å². The third kappa shape index (κ3) is 3.54. The predicted octanol–water partition coefficient (Wildman–Crippen LogP) is 3.27. The zero-order valence-electron chi connectivity index (χ0n) is 14.5. The largest absolute Gasteiger partial charge is 0.371 e. The number of benzene rings is 1. The lowest BCUT2D eigenvalue weighted by atomic mass is 10.1. The molecule has 2 aliphatic rings. The van der Waals surface area contributed by atoms with Crippen molar-refractivity contribution >= 4 is 5.69 Å². The van der Waals surface area contributed by atoms with E-state index < -0.39 is 11.6 Å². The highest BCUT2D eigenvalue weighted by Crippen LogP contribution is 2.40. The van der Waals surface area contributed by atoms with Crippen LogP contribution in [0.2, 0.25) is 0 Å². The minimum atomic E-state index is -0.788.